The van der Waals surface area contributed by atoms with Crippen LogP contribution in [-0.2, 0) is 11.3 Å². The van der Waals surface area contributed by atoms with Gasteiger partial charge in [-0.05, 0) is 6.92 Å². The SMILES string of the molecule is CCn1cc([C@@H]2CN(CC(F)(F)F)CCO2)cn1. The summed E-state index contributed by atoms with van der Waals surface area (Å²) in [6.45, 7) is 2.70. The van der Waals surface area contributed by atoms with E-state index in [2.05, 4.69) is 5.10 Å². The Balaban J connectivity index is 1.98. The van der Waals surface area contributed by atoms with Crippen LogP contribution in [0.25, 0.3) is 0 Å². The van der Waals surface area contributed by atoms with Crippen LogP contribution in [-0.4, -0.2) is 47.1 Å². The van der Waals surface area contributed by atoms with E-state index in [1.165, 1.54) is 4.90 Å². The summed E-state index contributed by atoms with van der Waals surface area (Å²) in [6.07, 6.45) is -0.996. The molecule has 0 saturated carbocycles. The van der Waals surface area contributed by atoms with Crippen molar-refractivity contribution in [1.82, 2.24) is 14.7 Å². The molecule has 0 N–H and O–H groups in total. The van der Waals surface area contributed by atoms with Gasteiger partial charge in [-0.15, -0.1) is 0 Å². The molecule has 1 aliphatic rings. The molecule has 7 heteroatoms. The first-order valence-electron chi connectivity index (χ1n) is 5.91. The number of ether oxygens (including phenoxy) is 1. The first-order chi connectivity index (χ1) is 8.48. The van der Waals surface area contributed by atoms with E-state index < -0.39 is 12.7 Å². The lowest BCUT2D eigenvalue weighted by molar-refractivity contribution is -0.159. The molecule has 1 atom stereocenters. The highest BCUT2D eigenvalue weighted by molar-refractivity contribution is 5.09. The van der Waals surface area contributed by atoms with Crippen molar-refractivity contribution in [2.75, 3.05) is 26.2 Å². The molecule has 18 heavy (non-hydrogen) atoms. The van der Waals surface area contributed by atoms with Crippen LogP contribution in [0.15, 0.2) is 12.4 Å². The number of aromatic nitrogens is 2. The Morgan fingerprint density at radius 2 is 2.28 bits per heavy atom. The Morgan fingerprint density at radius 1 is 1.50 bits per heavy atom. The third-order valence-electron chi connectivity index (χ3n) is 2.90. The fraction of sp³-hybridized carbons (Fsp3) is 0.727. The quantitative estimate of drug-likeness (QED) is 0.833. The average molecular weight is 263 g/mol. The second kappa shape index (κ2) is 5.27. The van der Waals surface area contributed by atoms with Gasteiger partial charge >= 0.3 is 6.18 Å². The molecule has 2 heterocycles. The molecule has 1 saturated heterocycles. The zero-order chi connectivity index (χ0) is 13.2. The van der Waals surface area contributed by atoms with Gasteiger partial charge < -0.3 is 4.74 Å². The fourth-order valence-electron chi connectivity index (χ4n) is 2.02. The molecule has 1 fully saturated rings. The van der Waals surface area contributed by atoms with Gasteiger partial charge in [-0.3, -0.25) is 9.58 Å². The lowest BCUT2D eigenvalue weighted by Gasteiger charge is -2.32. The number of halogens is 3. The second-order valence-corrected chi connectivity index (χ2v) is 4.34. The van der Waals surface area contributed by atoms with E-state index in [-0.39, 0.29) is 12.6 Å². The van der Waals surface area contributed by atoms with Gasteiger partial charge in [0.05, 0.1) is 25.5 Å². The summed E-state index contributed by atoms with van der Waals surface area (Å²) in [5.41, 5.74) is 0.837. The normalized spacial score (nSPS) is 22.3. The molecule has 0 bridgehead atoms. The average Bonchev–Trinajstić information content (AvgIpc) is 2.75. The molecule has 0 amide bonds. The predicted molar refractivity (Wildman–Crippen MR) is 59.1 cm³/mol. The number of aryl methyl sites for hydroxylation is 1. The van der Waals surface area contributed by atoms with Gasteiger partial charge in [0.1, 0.15) is 0 Å². The highest BCUT2D eigenvalue weighted by atomic mass is 19.4. The van der Waals surface area contributed by atoms with E-state index in [1.807, 2.05) is 13.1 Å². The summed E-state index contributed by atoms with van der Waals surface area (Å²) in [7, 11) is 0. The molecule has 0 unspecified atom stereocenters. The van der Waals surface area contributed by atoms with E-state index in [1.54, 1.807) is 10.9 Å². The van der Waals surface area contributed by atoms with Crippen LogP contribution in [0.5, 0.6) is 0 Å². The van der Waals surface area contributed by atoms with Crippen molar-refractivity contribution < 1.29 is 17.9 Å². The van der Waals surface area contributed by atoms with Gasteiger partial charge in [0.25, 0.3) is 0 Å². The molecular formula is C11H16F3N3O. The van der Waals surface area contributed by atoms with Crippen molar-refractivity contribution in [1.29, 1.82) is 0 Å². The molecule has 102 valence electrons. The van der Waals surface area contributed by atoms with E-state index in [0.29, 0.717) is 13.2 Å². The lowest BCUT2D eigenvalue weighted by Crippen LogP contribution is -2.43. The monoisotopic (exact) mass is 263 g/mol. The first kappa shape index (κ1) is 13.4. The van der Waals surface area contributed by atoms with E-state index >= 15 is 0 Å². The van der Waals surface area contributed by atoms with Crippen LogP contribution in [0.1, 0.15) is 18.6 Å². The molecule has 0 spiro atoms. The predicted octanol–water partition coefficient (Wildman–Crippen LogP) is 1.84. The highest BCUT2D eigenvalue weighted by Crippen LogP contribution is 2.24. The second-order valence-electron chi connectivity index (χ2n) is 4.34. The zero-order valence-corrected chi connectivity index (χ0v) is 10.2. The molecule has 0 radical (unpaired) electrons. The van der Waals surface area contributed by atoms with Crippen LogP contribution in [0, 0.1) is 0 Å². The highest BCUT2D eigenvalue weighted by Gasteiger charge is 2.33. The van der Waals surface area contributed by atoms with Crippen molar-refractivity contribution in [2.45, 2.75) is 25.7 Å². The number of rotatable bonds is 3. The minimum absolute atomic E-state index is 0.259. The number of hydrogen-bond acceptors (Lipinski definition) is 3. The van der Waals surface area contributed by atoms with Gasteiger partial charge in [-0.1, -0.05) is 0 Å². The van der Waals surface area contributed by atoms with Crippen molar-refractivity contribution in [3.8, 4) is 0 Å². The van der Waals surface area contributed by atoms with Crippen LogP contribution < -0.4 is 0 Å². The number of nitrogens with zero attached hydrogens (tertiary/aromatic N) is 3. The smallest absolute Gasteiger partial charge is 0.371 e. The number of morpholine rings is 1. The van der Waals surface area contributed by atoms with Gasteiger partial charge in [0, 0.05) is 31.4 Å². The summed E-state index contributed by atoms with van der Waals surface area (Å²) < 4.78 is 44.2. The van der Waals surface area contributed by atoms with E-state index in [9.17, 15) is 13.2 Å². The van der Waals surface area contributed by atoms with Gasteiger partial charge in [0.2, 0.25) is 0 Å². The number of alkyl halides is 3. The molecule has 1 aromatic rings. The maximum Gasteiger partial charge on any atom is 0.401 e. The fourth-order valence-corrected chi connectivity index (χ4v) is 2.02. The first-order valence-corrected chi connectivity index (χ1v) is 5.91. The van der Waals surface area contributed by atoms with E-state index in [0.717, 1.165) is 12.1 Å². The Morgan fingerprint density at radius 3 is 2.89 bits per heavy atom. The Labute approximate surface area is 103 Å². The maximum absolute atomic E-state index is 12.3. The minimum atomic E-state index is -4.16. The van der Waals surface area contributed by atoms with Crippen LogP contribution in [0.2, 0.25) is 0 Å². The topological polar surface area (TPSA) is 30.3 Å². The molecule has 1 aromatic heterocycles. The van der Waals surface area contributed by atoms with Crippen LogP contribution in [0.4, 0.5) is 13.2 Å². The third-order valence-corrected chi connectivity index (χ3v) is 2.90. The summed E-state index contributed by atoms with van der Waals surface area (Å²) in [6, 6.07) is 0. The van der Waals surface area contributed by atoms with Crippen molar-refractivity contribution in [3.05, 3.63) is 18.0 Å². The summed E-state index contributed by atoms with van der Waals surface area (Å²) >= 11 is 0. The number of hydrogen-bond donors (Lipinski definition) is 0. The standard InChI is InChI=1S/C11H16F3N3O/c1-2-17-6-9(5-15-17)10-7-16(3-4-18-10)8-11(12,13)14/h5-6,10H,2-4,7-8H2,1H3/t10-/m0/s1. The summed E-state index contributed by atoms with van der Waals surface area (Å²) in [4.78, 5) is 1.37. The molecule has 1 aliphatic heterocycles. The van der Waals surface area contributed by atoms with Crippen LogP contribution in [0.3, 0.4) is 0 Å². The Bertz CT molecular complexity index is 391. The Hall–Kier alpha value is -1.08. The molecule has 0 aromatic carbocycles. The van der Waals surface area contributed by atoms with E-state index in [4.69, 9.17) is 4.74 Å². The van der Waals surface area contributed by atoms with Crippen LogP contribution >= 0.6 is 0 Å². The van der Waals surface area contributed by atoms with Gasteiger partial charge in [0.15, 0.2) is 0 Å². The van der Waals surface area contributed by atoms with Crippen molar-refractivity contribution in [2.24, 2.45) is 0 Å². The molecular weight excluding hydrogens is 247 g/mol. The molecule has 0 aliphatic carbocycles. The largest absolute Gasteiger partial charge is 0.401 e. The zero-order valence-electron chi connectivity index (χ0n) is 10.2. The Kier molecular flexibility index (Phi) is 3.91. The maximum atomic E-state index is 12.3. The third kappa shape index (κ3) is 3.46. The summed E-state index contributed by atoms with van der Waals surface area (Å²) in [5, 5.41) is 4.11. The van der Waals surface area contributed by atoms with Gasteiger partial charge in [-0.25, -0.2) is 0 Å². The van der Waals surface area contributed by atoms with Crippen molar-refractivity contribution >= 4 is 0 Å². The van der Waals surface area contributed by atoms with Crippen molar-refractivity contribution in [3.63, 3.8) is 0 Å². The van der Waals surface area contributed by atoms with Gasteiger partial charge in [-0.2, -0.15) is 18.3 Å². The lowest BCUT2D eigenvalue weighted by atomic mass is 10.1. The molecule has 2 rings (SSSR count). The molecule has 4 nitrogen and oxygen atoms in total. The summed E-state index contributed by atoms with van der Waals surface area (Å²) in [5.74, 6) is 0. The minimum Gasteiger partial charge on any atom is -0.371 e.